The average molecular weight is 331 g/mol. The molecule has 0 saturated heterocycles. The minimum Gasteiger partial charge on any atom is -0.480 e. The minimum absolute atomic E-state index is 0.111. The lowest BCUT2D eigenvalue weighted by Gasteiger charge is -2.27. The van der Waals surface area contributed by atoms with E-state index in [1.165, 1.54) is 11.8 Å². The van der Waals surface area contributed by atoms with Gasteiger partial charge in [0.1, 0.15) is 6.04 Å². The van der Waals surface area contributed by atoms with Crippen LogP contribution in [0.4, 0.5) is 5.69 Å². The van der Waals surface area contributed by atoms with Crippen molar-refractivity contribution in [2.45, 2.75) is 31.6 Å². The number of anilines is 1. The number of nitrogens with one attached hydrogen (secondary N) is 1. The first-order chi connectivity index (χ1) is 9.63. The van der Waals surface area contributed by atoms with E-state index in [1.807, 2.05) is 13.0 Å². The molecular formula is C14H19ClN2O3S. The Kier molecular flexibility index (Phi) is 6.07. The van der Waals surface area contributed by atoms with Gasteiger partial charge in [0.15, 0.2) is 0 Å². The fourth-order valence-electron chi connectivity index (χ4n) is 1.55. The fourth-order valence-corrected chi connectivity index (χ4v) is 2.58. The number of thioether (sulfide) groups is 1. The molecule has 0 unspecified atom stereocenters. The van der Waals surface area contributed by atoms with Gasteiger partial charge in [-0.15, -0.1) is 11.8 Å². The summed E-state index contributed by atoms with van der Waals surface area (Å²) in [6.45, 7) is 5.27. The van der Waals surface area contributed by atoms with Crippen LogP contribution >= 0.6 is 23.4 Å². The van der Waals surface area contributed by atoms with Crippen LogP contribution in [0.3, 0.4) is 0 Å². The van der Waals surface area contributed by atoms with Gasteiger partial charge in [-0.3, -0.25) is 9.59 Å². The van der Waals surface area contributed by atoms with Gasteiger partial charge in [0.25, 0.3) is 0 Å². The standard InChI is InChI=1S/C14H19ClN2O3S/c1-8-4-5-9(15)6-10(8)17-11(18)7-21-14(2,3)12(16)13(19)20/h4-6,12H,7,16H2,1-3H3,(H,17,18)(H,19,20)/t12-/m1/s1. The highest BCUT2D eigenvalue weighted by molar-refractivity contribution is 8.01. The Morgan fingerprint density at radius 1 is 1.48 bits per heavy atom. The third kappa shape index (κ3) is 5.22. The van der Waals surface area contributed by atoms with Gasteiger partial charge in [-0.25, -0.2) is 0 Å². The van der Waals surface area contributed by atoms with Crippen LogP contribution in [0.1, 0.15) is 19.4 Å². The highest BCUT2D eigenvalue weighted by Gasteiger charge is 2.33. The van der Waals surface area contributed by atoms with E-state index in [4.69, 9.17) is 22.4 Å². The summed E-state index contributed by atoms with van der Waals surface area (Å²) >= 11 is 7.09. The number of nitrogens with two attached hydrogens (primary N) is 1. The van der Waals surface area contributed by atoms with Crippen molar-refractivity contribution in [2.75, 3.05) is 11.1 Å². The summed E-state index contributed by atoms with van der Waals surface area (Å²) in [5.74, 6) is -1.20. The number of rotatable bonds is 6. The molecule has 5 nitrogen and oxygen atoms in total. The molecule has 0 aliphatic carbocycles. The summed E-state index contributed by atoms with van der Waals surface area (Å²) < 4.78 is -0.744. The maximum Gasteiger partial charge on any atom is 0.321 e. The first-order valence-electron chi connectivity index (χ1n) is 6.32. The molecule has 4 N–H and O–H groups in total. The third-order valence-electron chi connectivity index (χ3n) is 3.06. The van der Waals surface area contributed by atoms with Crippen LogP contribution in [-0.2, 0) is 9.59 Å². The molecule has 1 rings (SSSR count). The fraction of sp³-hybridized carbons (Fsp3) is 0.429. The SMILES string of the molecule is Cc1ccc(Cl)cc1NC(=O)CSC(C)(C)[C@H](N)C(=O)O. The number of carbonyl (C=O) groups is 2. The number of hydrogen-bond acceptors (Lipinski definition) is 4. The molecule has 0 radical (unpaired) electrons. The van der Waals surface area contributed by atoms with Crippen molar-refractivity contribution in [1.82, 2.24) is 0 Å². The summed E-state index contributed by atoms with van der Waals surface area (Å²) in [7, 11) is 0. The average Bonchev–Trinajstić information content (AvgIpc) is 2.39. The number of amides is 1. The van der Waals surface area contributed by atoms with Crippen LogP contribution in [0.2, 0.25) is 5.02 Å². The molecule has 1 atom stereocenters. The predicted octanol–water partition coefficient (Wildman–Crippen LogP) is 2.51. The van der Waals surface area contributed by atoms with Crippen LogP contribution in [0.15, 0.2) is 18.2 Å². The van der Waals surface area contributed by atoms with E-state index in [0.29, 0.717) is 10.7 Å². The number of hydrogen-bond donors (Lipinski definition) is 3. The Balaban J connectivity index is 2.62. The Morgan fingerprint density at radius 3 is 2.67 bits per heavy atom. The Morgan fingerprint density at radius 2 is 2.10 bits per heavy atom. The quantitative estimate of drug-likeness (QED) is 0.745. The molecule has 0 aliphatic heterocycles. The normalized spacial score (nSPS) is 12.8. The topological polar surface area (TPSA) is 92.4 Å². The smallest absolute Gasteiger partial charge is 0.321 e. The summed E-state index contributed by atoms with van der Waals surface area (Å²) in [5.41, 5.74) is 7.16. The summed E-state index contributed by atoms with van der Waals surface area (Å²) in [5, 5.41) is 12.2. The van der Waals surface area contributed by atoms with Gasteiger partial charge in [0.2, 0.25) is 5.91 Å². The molecule has 0 fully saturated rings. The van der Waals surface area contributed by atoms with E-state index in [1.54, 1.807) is 26.0 Å². The van der Waals surface area contributed by atoms with Crippen molar-refractivity contribution in [3.63, 3.8) is 0 Å². The van der Waals surface area contributed by atoms with Gasteiger partial charge in [0.05, 0.1) is 5.75 Å². The highest BCUT2D eigenvalue weighted by Crippen LogP contribution is 2.28. The monoisotopic (exact) mass is 330 g/mol. The van der Waals surface area contributed by atoms with Gasteiger partial charge >= 0.3 is 5.97 Å². The summed E-state index contributed by atoms with van der Waals surface area (Å²) in [6.07, 6.45) is 0. The molecule has 21 heavy (non-hydrogen) atoms. The molecule has 0 aromatic heterocycles. The minimum atomic E-state index is -1.08. The molecule has 0 aliphatic rings. The highest BCUT2D eigenvalue weighted by atomic mass is 35.5. The van der Waals surface area contributed by atoms with Crippen LogP contribution < -0.4 is 11.1 Å². The van der Waals surface area contributed by atoms with Crippen LogP contribution in [-0.4, -0.2) is 33.5 Å². The number of benzene rings is 1. The van der Waals surface area contributed by atoms with Gasteiger partial charge in [-0.05, 0) is 38.5 Å². The third-order valence-corrected chi connectivity index (χ3v) is 4.70. The number of halogens is 1. The molecule has 7 heteroatoms. The Bertz CT molecular complexity index is 549. The van der Waals surface area contributed by atoms with Crippen LogP contribution in [0.5, 0.6) is 0 Å². The summed E-state index contributed by atoms with van der Waals surface area (Å²) in [6, 6.07) is 4.20. The molecule has 0 heterocycles. The van der Waals surface area contributed by atoms with Crippen LogP contribution in [0, 0.1) is 6.92 Å². The van der Waals surface area contributed by atoms with Crippen molar-refractivity contribution in [2.24, 2.45) is 5.73 Å². The lowest BCUT2D eigenvalue weighted by atomic mass is 10.1. The zero-order valence-electron chi connectivity index (χ0n) is 12.1. The van der Waals surface area contributed by atoms with Crippen LogP contribution in [0.25, 0.3) is 0 Å². The molecule has 0 spiro atoms. The van der Waals surface area contributed by atoms with E-state index < -0.39 is 16.8 Å². The molecular weight excluding hydrogens is 312 g/mol. The molecule has 0 saturated carbocycles. The number of carboxylic acids is 1. The number of aryl methyl sites for hydroxylation is 1. The van der Waals surface area contributed by atoms with Gasteiger partial charge in [0, 0.05) is 15.5 Å². The van der Waals surface area contributed by atoms with Crippen molar-refractivity contribution in [3.05, 3.63) is 28.8 Å². The van der Waals surface area contributed by atoms with Gasteiger partial charge in [-0.1, -0.05) is 17.7 Å². The van der Waals surface area contributed by atoms with E-state index in [9.17, 15) is 9.59 Å². The van der Waals surface area contributed by atoms with Gasteiger partial charge < -0.3 is 16.2 Å². The number of carbonyl (C=O) groups excluding carboxylic acids is 1. The van der Waals surface area contributed by atoms with Crippen molar-refractivity contribution >= 4 is 40.9 Å². The molecule has 1 aromatic carbocycles. The first kappa shape index (κ1) is 17.8. The molecule has 116 valence electrons. The zero-order valence-corrected chi connectivity index (χ0v) is 13.7. The molecule has 1 amide bonds. The predicted molar refractivity (Wildman–Crippen MR) is 87.0 cm³/mol. The first-order valence-corrected chi connectivity index (χ1v) is 7.68. The number of carboxylic acid groups (broad SMARTS) is 1. The number of aliphatic carboxylic acids is 1. The van der Waals surface area contributed by atoms with E-state index >= 15 is 0 Å². The van der Waals surface area contributed by atoms with E-state index in [-0.39, 0.29) is 11.7 Å². The molecule has 0 bridgehead atoms. The lowest BCUT2D eigenvalue weighted by molar-refractivity contribution is -0.139. The largest absolute Gasteiger partial charge is 0.480 e. The zero-order chi connectivity index (χ0) is 16.2. The Labute approximate surface area is 133 Å². The second kappa shape index (κ2) is 7.15. The second-order valence-electron chi connectivity index (χ2n) is 5.22. The maximum absolute atomic E-state index is 12.0. The van der Waals surface area contributed by atoms with Gasteiger partial charge in [-0.2, -0.15) is 0 Å². The van der Waals surface area contributed by atoms with Crippen molar-refractivity contribution in [3.8, 4) is 0 Å². The lowest BCUT2D eigenvalue weighted by Crippen LogP contribution is -2.47. The Hall–Kier alpha value is -1.24. The second-order valence-corrected chi connectivity index (χ2v) is 7.28. The van der Waals surface area contributed by atoms with Crippen molar-refractivity contribution in [1.29, 1.82) is 0 Å². The maximum atomic E-state index is 12.0. The van der Waals surface area contributed by atoms with E-state index in [2.05, 4.69) is 5.32 Å². The van der Waals surface area contributed by atoms with Crippen molar-refractivity contribution < 1.29 is 14.7 Å². The van der Waals surface area contributed by atoms with E-state index in [0.717, 1.165) is 5.56 Å². The summed E-state index contributed by atoms with van der Waals surface area (Å²) in [4.78, 5) is 22.9. The molecule has 1 aromatic rings.